The summed E-state index contributed by atoms with van der Waals surface area (Å²) in [5.74, 6) is 6.06. The maximum Gasteiger partial charge on any atom is 0.408 e. The Kier molecular flexibility index (Phi) is 5.12. The summed E-state index contributed by atoms with van der Waals surface area (Å²) in [6, 6.07) is 17.5. The Morgan fingerprint density at radius 1 is 1.03 bits per heavy atom. The number of carbonyl (C=O) groups is 1. The van der Waals surface area contributed by atoms with Crippen molar-refractivity contribution < 1.29 is 18.7 Å². The van der Waals surface area contributed by atoms with Crippen LogP contribution in [0, 0.1) is 17.8 Å². The Morgan fingerprint density at radius 2 is 1.79 bits per heavy atom. The van der Waals surface area contributed by atoms with Crippen LogP contribution in [0.1, 0.15) is 34.4 Å². The molecule has 1 N–H and O–H groups in total. The highest BCUT2D eigenvalue weighted by Gasteiger charge is 2.36. The number of cyclic esters (lactones) is 1. The lowest BCUT2D eigenvalue weighted by molar-refractivity contribution is 0.132. The highest BCUT2D eigenvalue weighted by Crippen LogP contribution is 2.37. The molecule has 0 spiro atoms. The molecular weight excluding hydrogens is 371 g/mol. The van der Waals surface area contributed by atoms with Crippen LogP contribution < -0.4 is 10.1 Å². The largest absolute Gasteiger partial charge is 0.497 e. The van der Waals surface area contributed by atoms with E-state index in [1.54, 1.807) is 13.2 Å². The van der Waals surface area contributed by atoms with Crippen molar-refractivity contribution in [2.45, 2.75) is 12.1 Å². The first-order chi connectivity index (χ1) is 14.1. The van der Waals surface area contributed by atoms with Gasteiger partial charge in [-0.2, -0.15) is 4.39 Å². The smallest absolute Gasteiger partial charge is 0.408 e. The molecule has 1 saturated heterocycles. The Balaban J connectivity index is 1.63. The molecule has 0 saturated carbocycles. The SMILES string of the molecule is COc1cccc([C@H]2OC(=O)N[C@@H]2c2cccc(C#Cc3ccnc(F)c3)c2)c1. The number of aromatic nitrogens is 1. The topological polar surface area (TPSA) is 60.5 Å². The van der Waals surface area contributed by atoms with E-state index in [0.29, 0.717) is 11.3 Å². The zero-order valence-corrected chi connectivity index (χ0v) is 15.6. The Bertz CT molecular complexity index is 1120. The summed E-state index contributed by atoms with van der Waals surface area (Å²) in [4.78, 5) is 15.5. The van der Waals surface area contributed by atoms with Gasteiger partial charge in [-0.15, -0.1) is 0 Å². The lowest BCUT2D eigenvalue weighted by Gasteiger charge is -2.18. The first kappa shape index (κ1) is 18.5. The fourth-order valence-corrected chi connectivity index (χ4v) is 3.19. The van der Waals surface area contributed by atoms with Gasteiger partial charge in [-0.25, -0.2) is 9.78 Å². The number of hydrogen-bond donors (Lipinski definition) is 1. The van der Waals surface area contributed by atoms with Gasteiger partial charge in [0, 0.05) is 23.4 Å². The number of ether oxygens (including phenoxy) is 2. The van der Waals surface area contributed by atoms with Crippen molar-refractivity contribution in [2.75, 3.05) is 7.11 Å². The predicted molar refractivity (Wildman–Crippen MR) is 105 cm³/mol. The second kappa shape index (κ2) is 8.03. The van der Waals surface area contributed by atoms with E-state index in [4.69, 9.17) is 9.47 Å². The summed E-state index contributed by atoms with van der Waals surface area (Å²) >= 11 is 0. The number of amides is 1. The molecule has 0 radical (unpaired) electrons. The third-order valence-electron chi connectivity index (χ3n) is 4.56. The normalized spacial score (nSPS) is 17.7. The highest BCUT2D eigenvalue weighted by atomic mass is 19.1. The number of nitrogens with zero attached hydrogens (tertiary/aromatic N) is 1. The quantitative estimate of drug-likeness (QED) is 0.541. The number of carbonyl (C=O) groups excluding carboxylic acids is 1. The van der Waals surface area contributed by atoms with Crippen molar-refractivity contribution in [2.24, 2.45) is 0 Å². The van der Waals surface area contributed by atoms with Gasteiger partial charge in [0.2, 0.25) is 5.95 Å². The zero-order valence-electron chi connectivity index (χ0n) is 15.6. The summed E-state index contributed by atoms with van der Waals surface area (Å²) in [6.07, 6.45) is 0.404. The molecule has 4 rings (SSSR count). The van der Waals surface area contributed by atoms with Crippen LogP contribution in [-0.2, 0) is 4.74 Å². The minimum Gasteiger partial charge on any atom is -0.497 e. The third kappa shape index (κ3) is 4.19. The lowest BCUT2D eigenvalue weighted by atomic mass is 9.95. The van der Waals surface area contributed by atoms with Crippen LogP contribution in [0.15, 0.2) is 66.9 Å². The van der Waals surface area contributed by atoms with E-state index in [0.717, 1.165) is 16.7 Å². The number of pyridine rings is 1. The Hall–Kier alpha value is -3.85. The molecule has 0 unspecified atom stereocenters. The molecule has 5 nitrogen and oxygen atoms in total. The molecule has 2 heterocycles. The van der Waals surface area contributed by atoms with Gasteiger partial charge in [0.15, 0.2) is 6.10 Å². The molecule has 0 aliphatic carbocycles. The van der Waals surface area contributed by atoms with Crippen molar-refractivity contribution in [3.63, 3.8) is 0 Å². The average Bonchev–Trinajstić information content (AvgIpc) is 3.14. The Morgan fingerprint density at radius 3 is 2.59 bits per heavy atom. The van der Waals surface area contributed by atoms with Gasteiger partial charge in [-0.3, -0.25) is 0 Å². The van der Waals surface area contributed by atoms with Crippen LogP contribution in [0.25, 0.3) is 0 Å². The number of halogens is 1. The number of alkyl carbamates (subject to hydrolysis) is 1. The van der Waals surface area contributed by atoms with Gasteiger partial charge in [-0.1, -0.05) is 36.1 Å². The van der Waals surface area contributed by atoms with Crippen molar-refractivity contribution in [3.05, 3.63) is 95.1 Å². The molecule has 0 bridgehead atoms. The summed E-state index contributed by atoms with van der Waals surface area (Å²) in [7, 11) is 1.59. The summed E-state index contributed by atoms with van der Waals surface area (Å²) in [5, 5.41) is 2.86. The van der Waals surface area contributed by atoms with Crippen molar-refractivity contribution >= 4 is 6.09 Å². The fourth-order valence-electron chi connectivity index (χ4n) is 3.19. The van der Waals surface area contributed by atoms with Gasteiger partial charge in [0.1, 0.15) is 5.75 Å². The molecule has 6 heteroatoms. The van der Waals surface area contributed by atoms with Crippen molar-refractivity contribution in [1.29, 1.82) is 0 Å². The number of methoxy groups -OCH3 is 1. The second-order valence-electron chi connectivity index (χ2n) is 6.47. The molecule has 1 amide bonds. The summed E-state index contributed by atoms with van der Waals surface area (Å²) in [5.41, 5.74) is 2.97. The lowest BCUT2D eigenvalue weighted by Crippen LogP contribution is -2.19. The molecule has 1 aliphatic heterocycles. The molecule has 144 valence electrons. The van der Waals surface area contributed by atoms with Crippen LogP contribution in [-0.4, -0.2) is 18.2 Å². The maximum absolute atomic E-state index is 13.2. The molecule has 1 fully saturated rings. The third-order valence-corrected chi connectivity index (χ3v) is 4.56. The first-order valence-electron chi connectivity index (χ1n) is 8.97. The van der Waals surface area contributed by atoms with Gasteiger partial charge in [0.25, 0.3) is 0 Å². The van der Waals surface area contributed by atoms with Gasteiger partial charge < -0.3 is 14.8 Å². The van der Waals surface area contributed by atoms with Gasteiger partial charge >= 0.3 is 6.09 Å². The van der Waals surface area contributed by atoms with E-state index < -0.39 is 18.1 Å². The average molecular weight is 388 g/mol. The molecular formula is C23H17FN2O3. The Labute approximate surface area is 167 Å². The molecule has 3 aromatic rings. The molecule has 1 aromatic heterocycles. The van der Waals surface area contributed by atoms with E-state index in [1.165, 1.54) is 12.3 Å². The summed E-state index contributed by atoms with van der Waals surface area (Å²) in [6.45, 7) is 0. The maximum atomic E-state index is 13.2. The van der Waals surface area contributed by atoms with E-state index in [9.17, 15) is 9.18 Å². The number of hydrogen-bond acceptors (Lipinski definition) is 4. The van der Waals surface area contributed by atoms with Gasteiger partial charge in [-0.05, 0) is 41.5 Å². The first-order valence-corrected chi connectivity index (χ1v) is 8.97. The minimum absolute atomic E-state index is 0.366. The zero-order chi connectivity index (χ0) is 20.2. The van der Waals surface area contributed by atoms with Crippen LogP contribution in [0.3, 0.4) is 0 Å². The second-order valence-corrected chi connectivity index (χ2v) is 6.47. The molecule has 1 aliphatic rings. The highest BCUT2D eigenvalue weighted by molar-refractivity contribution is 5.71. The van der Waals surface area contributed by atoms with Crippen LogP contribution in [0.4, 0.5) is 9.18 Å². The molecule has 2 aromatic carbocycles. The number of rotatable bonds is 3. The number of benzene rings is 2. The van der Waals surface area contributed by atoms with Crippen LogP contribution >= 0.6 is 0 Å². The summed E-state index contributed by atoms with van der Waals surface area (Å²) < 4.78 is 24.0. The molecule has 2 atom stereocenters. The van der Waals surface area contributed by atoms with Gasteiger partial charge in [0.05, 0.1) is 13.2 Å². The van der Waals surface area contributed by atoms with E-state index >= 15 is 0 Å². The van der Waals surface area contributed by atoms with Crippen molar-refractivity contribution in [3.8, 4) is 17.6 Å². The minimum atomic E-state index is -0.572. The van der Waals surface area contributed by atoms with E-state index in [-0.39, 0.29) is 6.04 Å². The van der Waals surface area contributed by atoms with Crippen LogP contribution in [0.2, 0.25) is 0 Å². The van der Waals surface area contributed by atoms with E-state index in [2.05, 4.69) is 22.1 Å². The fraction of sp³-hybridized carbons (Fsp3) is 0.130. The standard InChI is InChI=1S/C23H17FN2O3/c1-28-19-7-3-6-18(14-19)22-21(26-23(27)29-22)17-5-2-4-15(12-17)8-9-16-10-11-25-20(24)13-16/h2-7,10-14,21-22H,1H3,(H,26,27)/t21-,22-/m1/s1. The predicted octanol–water partition coefficient (Wildman–Crippen LogP) is 4.15. The van der Waals surface area contributed by atoms with Crippen LogP contribution in [0.5, 0.6) is 5.75 Å². The molecule has 29 heavy (non-hydrogen) atoms. The monoisotopic (exact) mass is 388 g/mol. The number of nitrogens with one attached hydrogen (secondary N) is 1. The van der Waals surface area contributed by atoms with Crippen molar-refractivity contribution in [1.82, 2.24) is 10.3 Å². The van der Waals surface area contributed by atoms with E-state index in [1.807, 2.05) is 48.5 Å².